The Morgan fingerprint density at radius 2 is 2.28 bits per heavy atom. The van der Waals surface area contributed by atoms with Crippen LogP contribution >= 0.6 is 11.6 Å². The van der Waals surface area contributed by atoms with E-state index in [4.69, 9.17) is 16.3 Å². The minimum absolute atomic E-state index is 0.271. The molecule has 0 radical (unpaired) electrons. The van der Waals surface area contributed by atoms with Crippen LogP contribution < -0.4 is 10.2 Å². The lowest BCUT2D eigenvalue weighted by Gasteiger charge is -2.05. The van der Waals surface area contributed by atoms with Crippen molar-refractivity contribution in [2.24, 2.45) is 11.0 Å². The van der Waals surface area contributed by atoms with Gasteiger partial charge in [-0.25, -0.2) is 9.82 Å². The predicted molar refractivity (Wildman–Crippen MR) is 94.4 cm³/mol. The Morgan fingerprint density at radius 1 is 1.52 bits per heavy atom. The lowest BCUT2D eigenvalue weighted by molar-refractivity contribution is -0.123. The molecule has 1 aromatic heterocycles. The van der Waals surface area contributed by atoms with Crippen molar-refractivity contribution in [3.63, 3.8) is 0 Å². The second kappa shape index (κ2) is 8.62. The fraction of sp³-hybridized carbons (Fsp3) is 0.353. The van der Waals surface area contributed by atoms with E-state index in [9.17, 15) is 9.18 Å². The monoisotopic (exact) mass is 366 g/mol. The summed E-state index contributed by atoms with van der Waals surface area (Å²) in [6.45, 7) is 6.38. The number of hydrazone groups is 1. The predicted octanol–water partition coefficient (Wildman–Crippen LogP) is 3.17. The van der Waals surface area contributed by atoms with Gasteiger partial charge in [-0.05, 0) is 25.0 Å². The normalized spacial score (nSPS) is 11.3. The molecule has 0 aliphatic heterocycles. The van der Waals surface area contributed by atoms with Crippen LogP contribution in [0.25, 0.3) is 0 Å². The molecule has 0 saturated heterocycles. The van der Waals surface area contributed by atoms with Gasteiger partial charge in [0, 0.05) is 12.6 Å². The summed E-state index contributed by atoms with van der Waals surface area (Å²) in [5.74, 6) is -0.224. The van der Waals surface area contributed by atoms with Crippen molar-refractivity contribution in [1.29, 1.82) is 0 Å². The van der Waals surface area contributed by atoms with E-state index >= 15 is 0 Å². The molecule has 1 N–H and O–H groups in total. The number of nitrogens with one attached hydrogen (secondary N) is 1. The summed E-state index contributed by atoms with van der Waals surface area (Å²) in [6.07, 6.45) is 1.45. The average molecular weight is 367 g/mol. The number of hydrogen-bond acceptors (Lipinski definition) is 4. The molecule has 0 saturated carbocycles. The van der Waals surface area contributed by atoms with Crippen molar-refractivity contribution in [3.05, 3.63) is 46.5 Å². The maximum Gasteiger partial charge on any atom is 0.277 e. The molecule has 1 heterocycles. The summed E-state index contributed by atoms with van der Waals surface area (Å²) in [5.41, 5.74) is 3.71. The van der Waals surface area contributed by atoms with Gasteiger partial charge in [0.05, 0.1) is 17.5 Å². The van der Waals surface area contributed by atoms with E-state index in [0.717, 1.165) is 5.69 Å². The summed E-state index contributed by atoms with van der Waals surface area (Å²) in [4.78, 5) is 11.7. The van der Waals surface area contributed by atoms with E-state index in [-0.39, 0.29) is 12.4 Å². The Hall–Kier alpha value is -2.41. The quantitative estimate of drug-likeness (QED) is 0.604. The average Bonchev–Trinajstić information content (AvgIpc) is 2.80. The van der Waals surface area contributed by atoms with Gasteiger partial charge < -0.3 is 4.74 Å². The number of rotatable bonds is 7. The van der Waals surface area contributed by atoms with E-state index in [2.05, 4.69) is 29.5 Å². The van der Waals surface area contributed by atoms with Gasteiger partial charge in [0.15, 0.2) is 6.61 Å². The number of hydrogen-bond donors (Lipinski definition) is 1. The first-order valence-electron chi connectivity index (χ1n) is 7.80. The molecule has 1 aromatic carbocycles. The van der Waals surface area contributed by atoms with Crippen LogP contribution in [0.2, 0.25) is 5.15 Å². The highest BCUT2D eigenvalue weighted by Gasteiger charge is 2.12. The summed E-state index contributed by atoms with van der Waals surface area (Å²) in [6, 6.07) is 5.55. The molecule has 0 aliphatic carbocycles. The lowest BCUT2D eigenvalue weighted by atomic mass is 10.2. The van der Waals surface area contributed by atoms with Crippen LogP contribution in [0.5, 0.6) is 5.75 Å². The fourth-order valence-corrected chi connectivity index (χ4v) is 2.38. The largest absolute Gasteiger partial charge is 0.484 e. The van der Waals surface area contributed by atoms with Crippen LogP contribution in [0.15, 0.2) is 29.4 Å². The molecule has 0 unspecified atom stereocenters. The molecular formula is C17H20ClFN4O2. The molecule has 6 nitrogen and oxygen atoms in total. The van der Waals surface area contributed by atoms with Gasteiger partial charge in [-0.2, -0.15) is 10.2 Å². The summed E-state index contributed by atoms with van der Waals surface area (Å²) < 4.78 is 19.9. The van der Waals surface area contributed by atoms with E-state index in [1.165, 1.54) is 24.4 Å². The van der Waals surface area contributed by atoms with Gasteiger partial charge in [0.2, 0.25) is 0 Å². The number of ether oxygens (including phenoxy) is 1. The summed E-state index contributed by atoms with van der Waals surface area (Å²) in [5, 5.41) is 8.69. The Labute approximate surface area is 150 Å². The zero-order valence-electron chi connectivity index (χ0n) is 14.3. The topological polar surface area (TPSA) is 68.5 Å². The van der Waals surface area contributed by atoms with Crippen molar-refractivity contribution in [1.82, 2.24) is 15.2 Å². The van der Waals surface area contributed by atoms with Crippen LogP contribution in [0.4, 0.5) is 4.39 Å². The maximum absolute atomic E-state index is 13.0. The smallest absolute Gasteiger partial charge is 0.277 e. The maximum atomic E-state index is 13.0. The van der Waals surface area contributed by atoms with Crippen LogP contribution in [-0.4, -0.2) is 28.5 Å². The van der Waals surface area contributed by atoms with Gasteiger partial charge in [0.25, 0.3) is 5.91 Å². The number of carbonyl (C=O) groups excluding carboxylic acids is 1. The van der Waals surface area contributed by atoms with Crippen LogP contribution in [0.3, 0.4) is 0 Å². The zero-order chi connectivity index (χ0) is 18.4. The van der Waals surface area contributed by atoms with E-state index in [0.29, 0.717) is 23.2 Å². The third-order valence-corrected chi connectivity index (χ3v) is 3.60. The highest BCUT2D eigenvalue weighted by Crippen LogP contribution is 2.19. The fourth-order valence-electron chi connectivity index (χ4n) is 2.09. The Kier molecular flexibility index (Phi) is 6.52. The second-order valence-corrected chi connectivity index (χ2v) is 6.26. The Bertz CT molecular complexity index is 774. The Morgan fingerprint density at radius 3 is 2.96 bits per heavy atom. The van der Waals surface area contributed by atoms with Crippen LogP contribution in [0.1, 0.15) is 25.1 Å². The zero-order valence-corrected chi connectivity index (χ0v) is 15.0. The highest BCUT2D eigenvalue weighted by molar-refractivity contribution is 6.32. The summed E-state index contributed by atoms with van der Waals surface area (Å²) in [7, 11) is 0. The molecule has 1 amide bonds. The molecule has 25 heavy (non-hydrogen) atoms. The van der Waals surface area contributed by atoms with E-state index < -0.39 is 11.7 Å². The van der Waals surface area contributed by atoms with Crippen molar-refractivity contribution in [2.75, 3.05) is 6.61 Å². The first-order chi connectivity index (χ1) is 11.9. The summed E-state index contributed by atoms with van der Waals surface area (Å²) >= 11 is 6.28. The Balaban J connectivity index is 1.90. The van der Waals surface area contributed by atoms with Crippen molar-refractivity contribution in [3.8, 4) is 5.75 Å². The third kappa shape index (κ3) is 5.56. The third-order valence-electron chi connectivity index (χ3n) is 3.20. The molecule has 2 aromatic rings. The molecular weight excluding hydrogens is 347 g/mol. The van der Waals surface area contributed by atoms with Crippen LogP contribution in [0, 0.1) is 18.7 Å². The van der Waals surface area contributed by atoms with E-state index in [1.54, 1.807) is 10.7 Å². The molecule has 0 bridgehead atoms. The molecule has 0 spiro atoms. The van der Waals surface area contributed by atoms with Gasteiger partial charge in [-0.15, -0.1) is 0 Å². The minimum Gasteiger partial charge on any atom is -0.484 e. The van der Waals surface area contributed by atoms with Crippen molar-refractivity contribution >= 4 is 23.7 Å². The molecule has 2 rings (SSSR count). The van der Waals surface area contributed by atoms with E-state index in [1.807, 2.05) is 6.92 Å². The van der Waals surface area contributed by atoms with Gasteiger partial charge in [-0.3, -0.25) is 9.48 Å². The van der Waals surface area contributed by atoms with Crippen LogP contribution in [-0.2, 0) is 11.3 Å². The van der Waals surface area contributed by atoms with Crippen molar-refractivity contribution < 1.29 is 13.9 Å². The molecule has 134 valence electrons. The first-order valence-corrected chi connectivity index (χ1v) is 8.17. The standard InChI is InChI=1S/C17H20ClFN4O2/c1-11(2)9-23-17(18)15(12(3)22-23)8-20-21-16(24)10-25-14-6-4-5-13(19)7-14/h4-8,11H,9-10H2,1-3H3,(H,21,24)/b20-8-. The number of nitrogens with zero attached hydrogens (tertiary/aromatic N) is 3. The number of carbonyl (C=O) groups is 1. The molecule has 0 fully saturated rings. The number of aryl methyl sites for hydroxylation is 1. The second-order valence-electron chi connectivity index (χ2n) is 5.91. The highest BCUT2D eigenvalue weighted by atomic mass is 35.5. The molecule has 8 heteroatoms. The number of amides is 1. The van der Waals surface area contributed by atoms with Gasteiger partial charge in [-0.1, -0.05) is 31.5 Å². The SMILES string of the molecule is Cc1nn(CC(C)C)c(Cl)c1/C=N\NC(=O)COc1cccc(F)c1. The number of benzene rings is 1. The minimum atomic E-state index is -0.469. The molecule has 0 aliphatic rings. The molecule has 0 atom stereocenters. The lowest BCUT2D eigenvalue weighted by Crippen LogP contribution is -2.24. The number of halogens is 2. The first kappa shape index (κ1) is 18.9. The number of aromatic nitrogens is 2. The van der Waals surface area contributed by atoms with Gasteiger partial charge in [0.1, 0.15) is 16.7 Å². The van der Waals surface area contributed by atoms with Gasteiger partial charge >= 0.3 is 0 Å². The van der Waals surface area contributed by atoms with Crippen molar-refractivity contribution in [2.45, 2.75) is 27.3 Å².